The molecule has 15 heavy (non-hydrogen) atoms. The number of hydrogen-bond acceptors (Lipinski definition) is 2. The first-order valence-corrected chi connectivity index (χ1v) is 4.66. The Bertz CT molecular complexity index is 459. The Hall–Kier alpha value is -2.03. The van der Waals surface area contributed by atoms with Crippen molar-refractivity contribution in [3.8, 4) is 5.75 Å². The predicted molar refractivity (Wildman–Crippen MR) is 56.8 cm³/mol. The summed E-state index contributed by atoms with van der Waals surface area (Å²) in [6.07, 6.45) is 1.81. The lowest BCUT2D eigenvalue weighted by Crippen LogP contribution is -2.12. The summed E-state index contributed by atoms with van der Waals surface area (Å²) in [5.74, 6) is 0.220. The van der Waals surface area contributed by atoms with Gasteiger partial charge < -0.3 is 9.30 Å². The number of aromatic nitrogens is 1. The van der Waals surface area contributed by atoms with Gasteiger partial charge in [0, 0.05) is 13.2 Å². The van der Waals surface area contributed by atoms with Crippen molar-refractivity contribution in [2.45, 2.75) is 0 Å². The highest BCUT2D eigenvalue weighted by Gasteiger charge is 2.10. The minimum atomic E-state index is -0.339. The topological polar surface area (TPSA) is 31.2 Å². The summed E-state index contributed by atoms with van der Waals surface area (Å²) in [6, 6.07) is 12.6. The van der Waals surface area contributed by atoms with Crippen molar-refractivity contribution in [2.24, 2.45) is 7.05 Å². The monoisotopic (exact) mass is 201 g/mol. The van der Waals surface area contributed by atoms with Crippen LogP contribution in [0.2, 0.25) is 0 Å². The van der Waals surface area contributed by atoms with Gasteiger partial charge in [0.25, 0.3) is 0 Å². The molecule has 76 valence electrons. The van der Waals surface area contributed by atoms with Gasteiger partial charge >= 0.3 is 5.97 Å². The van der Waals surface area contributed by atoms with E-state index >= 15 is 0 Å². The van der Waals surface area contributed by atoms with Crippen LogP contribution in [-0.2, 0) is 7.05 Å². The van der Waals surface area contributed by atoms with E-state index in [2.05, 4.69) is 0 Å². The van der Waals surface area contributed by atoms with Gasteiger partial charge in [-0.25, -0.2) is 4.79 Å². The quantitative estimate of drug-likeness (QED) is 0.551. The molecule has 2 rings (SSSR count). The summed E-state index contributed by atoms with van der Waals surface area (Å²) in [5, 5.41) is 0. The van der Waals surface area contributed by atoms with Crippen LogP contribution in [-0.4, -0.2) is 10.5 Å². The predicted octanol–water partition coefficient (Wildman–Crippen LogP) is 2.24. The van der Waals surface area contributed by atoms with Gasteiger partial charge in [-0.15, -0.1) is 0 Å². The Morgan fingerprint density at radius 3 is 2.47 bits per heavy atom. The third kappa shape index (κ3) is 2.07. The first kappa shape index (κ1) is 9.52. The number of aryl methyl sites for hydroxylation is 1. The summed E-state index contributed by atoms with van der Waals surface area (Å²) >= 11 is 0. The number of ether oxygens (including phenoxy) is 1. The van der Waals surface area contributed by atoms with Crippen LogP contribution in [0.15, 0.2) is 48.7 Å². The molecule has 1 aromatic heterocycles. The molecular formula is C12H11NO2. The summed E-state index contributed by atoms with van der Waals surface area (Å²) in [7, 11) is 1.81. The molecule has 0 aliphatic rings. The zero-order valence-electron chi connectivity index (χ0n) is 8.38. The number of para-hydroxylation sites is 1. The summed E-state index contributed by atoms with van der Waals surface area (Å²) in [6.45, 7) is 0. The van der Waals surface area contributed by atoms with Gasteiger partial charge in [-0.3, -0.25) is 0 Å². The zero-order chi connectivity index (χ0) is 10.7. The van der Waals surface area contributed by atoms with Crippen molar-refractivity contribution in [3.63, 3.8) is 0 Å². The lowest BCUT2D eigenvalue weighted by molar-refractivity contribution is 0.0725. The lowest BCUT2D eigenvalue weighted by Gasteiger charge is -2.04. The van der Waals surface area contributed by atoms with Crippen LogP contribution in [0.4, 0.5) is 0 Å². The molecule has 0 atom stereocenters. The average molecular weight is 201 g/mol. The first-order chi connectivity index (χ1) is 7.27. The van der Waals surface area contributed by atoms with Crippen molar-refractivity contribution in [1.82, 2.24) is 4.57 Å². The van der Waals surface area contributed by atoms with E-state index in [1.165, 1.54) is 0 Å². The molecule has 0 bridgehead atoms. The zero-order valence-corrected chi connectivity index (χ0v) is 8.38. The Morgan fingerprint density at radius 1 is 1.13 bits per heavy atom. The van der Waals surface area contributed by atoms with Gasteiger partial charge in [0.2, 0.25) is 0 Å². The number of carbonyl (C=O) groups is 1. The number of benzene rings is 1. The third-order valence-electron chi connectivity index (χ3n) is 2.11. The fourth-order valence-electron chi connectivity index (χ4n) is 1.32. The number of hydrogen-bond donors (Lipinski definition) is 0. The molecular weight excluding hydrogens is 190 g/mol. The van der Waals surface area contributed by atoms with Crippen molar-refractivity contribution >= 4 is 5.97 Å². The highest BCUT2D eigenvalue weighted by atomic mass is 16.5. The molecule has 0 saturated heterocycles. The molecule has 0 spiro atoms. The van der Waals surface area contributed by atoms with Crippen LogP contribution in [0, 0.1) is 0 Å². The van der Waals surface area contributed by atoms with Gasteiger partial charge in [0.1, 0.15) is 11.4 Å². The molecule has 3 nitrogen and oxygen atoms in total. The van der Waals surface area contributed by atoms with Crippen LogP contribution in [0.5, 0.6) is 5.75 Å². The van der Waals surface area contributed by atoms with Crippen LogP contribution in [0.25, 0.3) is 0 Å². The average Bonchev–Trinajstić information content (AvgIpc) is 2.66. The van der Waals surface area contributed by atoms with E-state index in [0.29, 0.717) is 11.4 Å². The molecule has 2 aromatic rings. The second-order valence-corrected chi connectivity index (χ2v) is 3.21. The minimum absolute atomic E-state index is 0.339. The molecule has 3 heteroatoms. The number of nitrogens with zero attached hydrogens (tertiary/aromatic N) is 1. The highest BCUT2D eigenvalue weighted by Crippen LogP contribution is 2.11. The molecule has 1 heterocycles. The largest absolute Gasteiger partial charge is 0.422 e. The maximum Gasteiger partial charge on any atom is 0.360 e. The molecule has 0 radical (unpaired) electrons. The van der Waals surface area contributed by atoms with Crippen LogP contribution >= 0.6 is 0 Å². The molecule has 1 aromatic carbocycles. The molecule has 0 aliphatic heterocycles. The van der Waals surface area contributed by atoms with Crippen molar-refractivity contribution in [3.05, 3.63) is 54.4 Å². The fraction of sp³-hybridized carbons (Fsp3) is 0.0833. The van der Waals surface area contributed by atoms with E-state index in [1.54, 1.807) is 22.8 Å². The van der Waals surface area contributed by atoms with Crippen molar-refractivity contribution in [1.29, 1.82) is 0 Å². The first-order valence-electron chi connectivity index (χ1n) is 4.66. The van der Waals surface area contributed by atoms with Gasteiger partial charge in [-0.05, 0) is 24.3 Å². The second kappa shape index (κ2) is 4.00. The Balaban J connectivity index is 2.15. The van der Waals surface area contributed by atoms with E-state index in [9.17, 15) is 4.79 Å². The molecule has 0 fully saturated rings. The van der Waals surface area contributed by atoms with Crippen LogP contribution in [0.3, 0.4) is 0 Å². The van der Waals surface area contributed by atoms with E-state index in [1.807, 2.05) is 37.5 Å². The van der Waals surface area contributed by atoms with Gasteiger partial charge in [0.15, 0.2) is 0 Å². The number of rotatable bonds is 2. The van der Waals surface area contributed by atoms with Crippen LogP contribution in [0.1, 0.15) is 10.5 Å². The van der Waals surface area contributed by atoms with E-state index in [4.69, 9.17) is 4.74 Å². The van der Waals surface area contributed by atoms with Crippen molar-refractivity contribution < 1.29 is 9.53 Å². The Kier molecular flexibility index (Phi) is 2.54. The fourth-order valence-corrected chi connectivity index (χ4v) is 1.32. The number of esters is 1. The van der Waals surface area contributed by atoms with Crippen molar-refractivity contribution in [2.75, 3.05) is 0 Å². The van der Waals surface area contributed by atoms with Gasteiger partial charge in [-0.2, -0.15) is 0 Å². The third-order valence-corrected chi connectivity index (χ3v) is 2.11. The van der Waals surface area contributed by atoms with Gasteiger partial charge in [-0.1, -0.05) is 18.2 Å². The van der Waals surface area contributed by atoms with Gasteiger partial charge in [0.05, 0.1) is 0 Å². The Morgan fingerprint density at radius 2 is 1.87 bits per heavy atom. The summed E-state index contributed by atoms with van der Waals surface area (Å²) < 4.78 is 6.91. The minimum Gasteiger partial charge on any atom is -0.422 e. The second-order valence-electron chi connectivity index (χ2n) is 3.21. The van der Waals surface area contributed by atoms with Crippen LogP contribution < -0.4 is 4.74 Å². The smallest absolute Gasteiger partial charge is 0.360 e. The lowest BCUT2D eigenvalue weighted by atomic mass is 10.3. The number of carbonyl (C=O) groups excluding carboxylic acids is 1. The summed E-state index contributed by atoms with van der Waals surface area (Å²) in [5.41, 5.74) is 0.541. The Labute approximate surface area is 87.9 Å². The molecule has 0 saturated carbocycles. The standard InChI is InChI=1S/C12H11NO2/c1-13-9-5-8-11(13)12(14)15-10-6-3-2-4-7-10/h2-9H,1H3. The molecule has 0 amide bonds. The van der Waals surface area contributed by atoms with E-state index < -0.39 is 0 Å². The SMILES string of the molecule is Cn1cccc1C(=O)Oc1ccccc1. The summed E-state index contributed by atoms with van der Waals surface area (Å²) in [4.78, 5) is 11.7. The highest BCUT2D eigenvalue weighted by molar-refractivity contribution is 5.89. The maximum atomic E-state index is 11.7. The molecule has 0 aliphatic carbocycles. The van der Waals surface area contributed by atoms with E-state index in [0.717, 1.165) is 0 Å². The normalized spacial score (nSPS) is 9.93. The van der Waals surface area contributed by atoms with E-state index in [-0.39, 0.29) is 5.97 Å². The maximum absolute atomic E-state index is 11.7. The molecule has 0 unspecified atom stereocenters. The molecule has 0 N–H and O–H groups in total.